The van der Waals surface area contributed by atoms with Gasteiger partial charge in [0.25, 0.3) is 6.04 Å². The summed E-state index contributed by atoms with van der Waals surface area (Å²) in [5.41, 5.74) is 0.516. The highest BCUT2D eigenvalue weighted by Gasteiger charge is 2.32. The monoisotopic (exact) mass is 281 g/mol. The minimum Gasteiger partial charge on any atom is -0.381 e. The summed E-state index contributed by atoms with van der Waals surface area (Å²) in [4.78, 5) is 10.6. The molecule has 1 aliphatic heterocycles. The minimum atomic E-state index is -1.19. The highest BCUT2D eigenvalue weighted by atomic mass is 16.7. The maximum atomic E-state index is 11.1. The molecule has 0 radical (unpaired) electrons. The van der Waals surface area contributed by atoms with Crippen LogP contribution in [0.2, 0.25) is 0 Å². The smallest absolute Gasteiger partial charge is 0.265 e. The summed E-state index contributed by atoms with van der Waals surface area (Å²) in [6, 6.07) is 7.41. The molecule has 0 saturated carbocycles. The zero-order valence-corrected chi connectivity index (χ0v) is 11.2. The summed E-state index contributed by atoms with van der Waals surface area (Å²) in [5, 5.41) is 21.2. The zero-order valence-electron chi connectivity index (χ0n) is 11.2. The van der Waals surface area contributed by atoms with Gasteiger partial charge in [0.15, 0.2) is 6.29 Å². The Morgan fingerprint density at radius 2 is 2.15 bits per heavy atom. The van der Waals surface area contributed by atoms with E-state index in [0.29, 0.717) is 12.2 Å². The van der Waals surface area contributed by atoms with E-state index in [-0.39, 0.29) is 6.61 Å². The van der Waals surface area contributed by atoms with Gasteiger partial charge in [-0.2, -0.15) is 0 Å². The normalized spacial score (nSPS) is 22.1. The summed E-state index contributed by atoms with van der Waals surface area (Å²) in [6.07, 6.45) is 1.15. The number of benzene rings is 1. The van der Waals surface area contributed by atoms with E-state index in [1.54, 1.807) is 30.3 Å². The molecular weight excluding hydrogens is 262 g/mol. The highest BCUT2D eigenvalue weighted by Crippen LogP contribution is 2.21. The van der Waals surface area contributed by atoms with E-state index in [9.17, 15) is 15.2 Å². The van der Waals surface area contributed by atoms with E-state index in [4.69, 9.17) is 9.47 Å². The number of nitro groups is 1. The SMILES string of the molecule is O=[N+]([O-])C(COC1CCCCO1)C(O)c1ccccc1. The number of nitrogens with zero attached hydrogens (tertiary/aromatic N) is 1. The quantitative estimate of drug-likeness (QED) is 0.636. The Kier molecular flexibility index (Phi) is 5.46. The van der Waals surface area contributed by atoms with Crippen LogP contribution in [0.15, 0.2) is 30.3 Å². The molecule has 0 aliphatic carbocycles. The van der Waals surface area contributed by atoms with Crippen LogP contribution in [0.4, 0.5) is 0 Å². The molecule has 0 amide bonds. The number of hydrogen-bond acceptors (Lipinski definition) is 5. The number of hydrogen-bond donors (Lipinski definition) is 1. The van der Waals surface area contributed by atoms with Crippen molar-refractivity contribution < 1.29 is 19.5 Å². The lowest BCUT2D eigenvalue weighted by atomic mass is 10.0. The van der Waals surface area contributed by atoms with Gasteiger partial charge < -0.3 is 14.6 Å². The Morgan fingerprint density at radius 1 is 1.40 bits per heavy atom. The van der Waals surface area contributed by atoms with Crippen LogP contribution in [-0.2, 0) is 9.47 Å². The molecule has 6 heteroatoms. The first kappa shape index (κ1) is 14.9. The molecule has 110 valence electrons. The van der Waals surface area contributed by atoms with Gasteiger partial charge in [-0.25, -0.2) is 0 Å². The highest BCUT2D eigenvalue weighted by molar-refractivity contribution is 5.18. The van der Waals surface area contributed by atoms with E-state index in [0.717, 1.165) is 19.3 Å². The van der Waals surface area contributed by atoms with Crippen LogP contribution in [0.1, 0.15) is 30.9 Å². The topological polar surface area (TPSA) is 81.8 Å². The molecule has 3 unspecified atom stereocenters. The van der Waals surface area contributed by atoms with E-state index in [1.807, 2.05) is 0 Å². The summed E-state index contributed by atoms with van der Waals surface area (Å²) >= 11 is 0. The summed E-state index contributed by atoms with van der Waals surface area (Å²) in [6.45, 7) is 0.461. The third-order valence-electron chi connectivity index (χ3n) is 3.37. The third kappa shape index (κ3) is 4.00. The van der Waals surface area contributed by atoms with Crippen molar-refractivity contribution in [3.8, 4) is 0 Å². The van der Waals surface area contributed by atoms with Crippen LogP contribution in [0, 0.1) is 10.1 Å². The molecule has 0 aromatic heterocycles. The van der Waals surface area contributed by atoms with Gasteiger partial charge in [-0.15, -0.1) is 0 Å². The van der Waals surface area contributed by atoms with E-state index in [1.165, 1.54) is 0 Å². The van der Waals surface area contributed by atoms with Crippen molar-refractivity contribution >= 4 is 0 Å². The standard InChI is InChI=1S/C14H19NO5/c16-14(11-6-2-1-3-7-11)12(15(17)18)10-20-13-8-4-5-9-19-13/h1-3,6-7,12-14,16H,4-5,8-10H2. The number of aliphatic hydroxyl groups excluding tert-OH is 1. The van der Waals surface area contributed by atoms with Gasteiger partial charge in [0.1, 0.15) is 12.7 Å². The molecule has 1 aromatic carbocycles. The van der Waals surface area contributed by atoms with Gasteiger partial charge in [-0.1, -0.05) is 30.3 Å². The Balaban J connectivity index is 1.94. The summed E-state index contributed by atoms with van der Waals surface area (Å²) in [7, 11) is 0. The lowest BCUT2D eigenvalue weighted by Gasteiger charge is -2.24. The second-order valence-electron chi connectivity index (χ2n) is 4.84. The van der Waals surface area contributed by atoms with Crippen LogP contribution >= 0.6 is 0 Å². The Hall–Kier alpha value is -1.50. The fraction of sp³-hybridized carbons (Fsp3) is 0.571. The molecule has 1 heterocycles. The zero-order chi connectivity index (χ0) is 14.4. The fourth-order valence-electron chi connectivity index (χ4n) is 2.19. The largest absolute Gasteiger partial charge is 0.381 e. The van der Waals surface area contributed by atoms with Crippen LogP contribution in [-0.4, -0.2) is 35.6 Å². The predicted molar refractivity (Wildman–Crippen MR) is 71.7 cm³/mol. The van der Waals surface area contributed by atoms with E-state index in [2.05, 4.69) is 0 Å². The lowest BCUT2D eigenvalue weighted by Crippen LogP contribution is -2.35. The Bertz CT molecular complexity index is 419. The summed E-state index contributed by atoms with van der Waals surface area (Å²) in [5.74, 6) is 0. The second-order valence-corrected chi connectivity index (χ2v) is 4.84. The van der Waals surface area contributed by atoms with Crippen molar-refractivity contribution in [2.75, 3.05) is 13.2 Å². The molecular formula is C14H19NO5. The average molecular weight is 281 g/mol. The molecule has 20 heavy (non-hydrogen) atoms. The number of aliphatic hydroxyl groups is 1. The molecule has 1 fully saturated rings. The van der Waals surface area contributed by atoms with E-state index >= 15 is 0 Å². The second kappa shape index (κ2) is 7.33. The van der Waals surface area contributed by atoms with Gasteiger partial charge in [0.2, 0.25) is 0 Å². The van der Waals surface area contributed by atoms with Crippen molar-refractivity contribution in [2.24, 2.45) is 0 Å². The minimum absolute atomic E-state index is 0.159. The van der Waals surface area contributed by atoms with Crippen LogP contribution in [0.5, 0.6) is 0 Å². The molecule has 6 nitrogen and oxygen atoms in total. The lowest BCUT2D eigenvalue weighted by molar-refractivity contribution is -0.541. The number of ether oxygens (including phenoxy) is 2. The molecule has 0 spiro atoms. The van der Waals surface area contributed by atoms with Gasteiger partial charge in [-0.05, 0) is 24.8 Å². The van der Waals surface area contributed by atoms with Crippen LogP contribution < -0.4 is 0 Å². The third-order valence-corrected chi connectivity index (χ3v) is 3.37. The maximum Gasteiger partial charge on any atom is 0.265 e. The molecule has 1 saturated heterocycles. The van der Waals surface area contributed by atoms with Gasteiger partial charge in [0.05, 0.1) is 0 Å². The first-order valence-electron chi connectivity index (χ1n) is 6.78. The molecule has 3 atom stereocenters. The fourth-order valence-corrected chi connectivity index (χ4v) is 2.19. The van der Waals surface area contributed by atoms with Crippen LogP contribution in [0.3, 0.4) is 0 Å². The molecule has 0 bridgehead atoms. The van der Waals surface area contributed by atoms with Gasteiger partial charge in [-0.3, -0.25) is 10.1 Å². The Morgan fingerprint density at radius 3 is 2.75 bits per heavy atom. The molecule has 1 aliphatic rings. The van der Waals surface area contributed by atoms with Crippen molar-refractivity contribution in [1.29, 1.82) is 0 Å². The van der Waals surface area contributed by atoms with Crippen molar-refractivity contribution in [1.82, 2.24) is 0 Å². The molecule has 1 N–H and O–H groups in total. The van der Waals surface area contributed by atoms with Crippen molar-refractivity contribution in [3.05, 3.63) is 46.0 Å². The Labute approximate surface area is 117 Å². The van der Waals surface area contributed by atoms with Crippen molar-refractivity contribution in [3.63, 3.8) is 0 Å². The number of rotatable bonds is 6. The van der Waals surface area contributed by atoms with Gasteiger partial charge in [0, 0.05) is 11.5 Å². The van der Waals surface area contributed by atoms with Gasteiger partial charge >= 0.3 is 0 Å². The maximum absolute atomic E-state index is 11.1. The first-order valence-corrected chi connectivity index (χ1v) is 6.78. The van der Waals surface area contributed by atoms with Crippen LogP contribution in [0.25, 0.3) is 0 Å². The molecule has 1 aromatic rings. The predicted octanol–water partition coefficient (Wildman–Crippen LogP) is 1.91. The molecule has 2 rings (SSSR count). The first-order chi connectivity index (χ1) is 9.68. The average Bonchev–Trinajstić information content (AvgIpc) is 2.49. The van der Waals surface area contributed by atoms with E-state index < -0.39 is 23.4 Å². The summed E-state index contributed by atoms with van der Waals surface area (Å²) < 4.78 is 10.8. The van der Waals surface area contributed by atoms with Crippen molar-refractivity contribution in [2.45, 2.75) is 37.7 Å².